The summed E-state index contributed by atoms with van der Waals surface area (Å²) in [4.78, 5) is 73.5. The lowest BCUT2D eigenvalue weighted by Gasteiger charge is -2.38. The molecule has 0 fully saturated rings. The molecule has 1 unspecified atom stereocenters. The summed E-state index contributed by atoms with van der Waals surface area (Å²) in [6, 6.07) is 12.0. The molecular weight excluding hydrogens is 640 g/mol. The van der Waals surface area contributed by atoms with Crippen molar-refractivity contribution in [2.75, 3.05) is 13.2 Å². The van der Waals surface area contributed by atoms with E-state index in [4.69, 9.17) is 44.8 Å². The topological polar surface area (TPSA) is 167 Å². The summed E-state index contributed by atoms with van der Waals surface area (Å²) in [5, 5.41) is 0.374. The van der Waals surface area contributed by atoms with Gasteiger partial charge in [-0.15, -0.1) is 0 Å². The second kappa shape index (κ2) is 18.5. The highest BCUT2D eigenvalue weighted by atomic mass is 35.5. The zero-order chi connectivity index (χ0) is 35.3. The van der Waals surface area contributed by atoms with Crippen molar-refractivity contribution >= 4 is 47.4 Å². The van der Waals surface area contributed by atoms with Crippen molar-refractivity contribution < 1.29 is 61.9 Å². The van der Waals surface area contributed by atoms with E-state index in [-0.39, 0.29) is 5.56 Å². The van der Waals surface area contributed by atoms with E-state index >= 15 is 0 Å². The summed E-state index contributed by atoms with van der Waals surface area (Å²) >= 11 is 6.56. The Morgan fingerprint density at radius 3 is 1.68 bits per heavy atom. The maximum Gasteiger partial charge on any atom is 0.303 e. The van der Waals surface area contributed by atoms with Crippen molar-refractivity contribution in [1.82, 2.24) is 0 Å². The molecule has 0 saturated carbocycles. The van der Waals surface area contributed by atoms with E-state index in [1.807, 2.05) is 31.2 Å². The molecule has 0 aliphatic carbocycles. The first-order chi connectivity index (χ1) is 22.1. The average Bonchev–Trinajstić information content (AvgIpc) is 2.96. The Morgan fingerprint density at radius 1 is 0.638 bits per heavy atom. The third-order valence-electron chi connectivity index (χ3n) is 6.31. The number of carbonyl (C=O) groups excluding carboxylic acids is 6. The highest BCUT2D eigenvalue weighted by molar-refractivity contribution is 6.31. The van der Waals surface area contributed by atoms with Crippen molar-refractivity contribution in [1.29, 1.82) is 0 Å². The summed E-state index contributed by atoms with van der Waals surface area (Å²) in [5.41, 5.74) is 1.73. The Hall–Kier alpha value is -4.65. The van der Waals surface area contributed by atoms with Gasteiger partial charge in [-0.25, -0.2) is 0 Å². The standard InChI is InChI=1S/C33H39ClO13/c1-8-41-27-12-9-24(10-13-27)15-26-16-25(11-14-28(26)34)30(44-20(4)37)32(46-22(6)39)33(47-23(7)40)31(45-21(5)38)29(43-19(3)36)17-42-18(2)35/h9-14,16,29-33H,8,15,17H2,1-7H3/t29?,30-,31+,32-,33-/m0/s1. The predicted octanol–water partition coefficient (Wildman–Crippen LogP) is 4.22. The first kappa shape index (κ1) is 38.5. The van der Waals surface area contributed by atoms with Crippen LogP contribution in [-0.2, 0) is 63.6 Å². The zero-order valence-electron chi connectivity index (χ0n) is 27.2. The molecule has 0 aliphatic rings. The highest BCUT2D eigenvalue weighted by Gasteiger charge is 2.48. The van der Waals surface area contributed by atoms with Crippen LogP contribution in [-0.4, -0.2) is 73.4 Å². The van der Waals surface area contributed by atoms with Crippen LogP contribution < -0.4 is 4.74 Å². The number of carbonyl (C=O) groups is 6. The molecule has 2 aromatic rings. The molecule has 5 atom stereocenters. The normalized spacial score (nSPS) is 13.9. The number of hydrogen-bond donors (Lipinski definition) is 0. The Morgan fingerprint density at radius 2 is 1.17 bits per heavy atom. The van der Waals surface area contributed by atoms with E-state index in [0.29, 0.717) is 29.4 Å². The average molecular weight is 679 g/mol. The van der Waals surface area contributed by atoms with Gasteiger partial charge in [0.05, 0.1) is 6.61 Å². The number of hydrogen-bond acceptors (Lipinski definition) is 13. The minimum absolute atomic E-state index is 0.263. The molecule has 14 heteroatoms. The first-order valence-corrected chi connectivity index (χ1v) is 15.0. The number of rotatable bonds is 16. The number of ether oxygens (including phenoxy) is 7. The van der Waals surface area contributed by atoms with Crippen LogP contribution in [0, 0.1) is 0 Å². The Bertz CT molecular complexity index is 1420. The fraction of sp³-hybridized carbons (Fsp3) is 0.455. The largest absolute Gasteiger partial charge is 0.494 e. The SMILES string of the molecule is CCOc1ccc(Cc2cc([C@H](OC(C)=O)[C@H](OC(C)=O)[C@@H](OC(C)=O)[C@H](OC(C)=O)C(COC(C)=O)OC(C)=O)ccc2Cl)cc1. The van der Waals surface area contributed by atoms with Crippen molar-refractivity contribution in [3.63, 3.8) is 0 Å². The highest BCUT2D eigenvalue weighted by Crippen LogP contribution is 2.34. The summed E-state index contributed by atoms with van der Waals surface area (Å²) < 4.78 is 38.2. The lowest BCUT2D eigenvalue weighted by atomic mass is 9.92. The third kappa shape index (κ3) is 12.9. The summed E-state index contributed by atoms with van der Waals surface area (Å²) in [6.07, 6.45) is -7.89. The molecule has 13 nitrogen and oxygen atoms in total. The second-order valence-corrected chi connectivity index (χ2v) is 10.7. The molecule has 2 aromatic carbocycles. The first-order valence-electron chi connectivity index (χ1n) is 14.6. The van der Waals surface area contributed by atoms with Crippen molar-refractivity contribution in [3.05, 3.63) is 64.2 Å². The lowest BCUT2D eigenvalue weighted by Crippen LogP contribution is -2.54. The van der Waals surface area contributed by atoms with Crippen LogP contribution >= 0.6 is 11.6 Å². The van der Waals surface area contributed by atoms with Crippen LogP contribution in [0.2, 0.25) is 5.02 Å². The maximum atomic E-state index is 12.5. The van der Waals surface area contributed by atoms with Gasteiger partial charge in [-0.3, -0.25) is 28.8 Å². The molecule has 0 N–H and O–H groups in total. The summed E-state index contributed by atoms with van der Waals surface area (Å²) in [7, 11) is 0. The number of halogens is 1. The molecule has 0 aromatic heterocycles. The molecule has 256 valence electrons. The number of esters is 6. The van der Waals surface area contributed by atoms with Crippen molar-refractivity contribution in [3.8, 4) is 5.75 Å². The quantitative estimate of drug-likeness (QED) is 0.183. The van der Waals surface area contributed by atoms with Gasteiger partial charge in [0, 0.05) is 46.6 Å². The van der Waals surface area contributed by atoms with Gasteiger partial charge in [0.25, 0.3) is 0 Å². The molecule has 2 rings (SSSR count). The Kier molecular flexibility index (Phi) is 15.2. The molecule has 0 heterocycles. The fourth-order valence-electron chi connectivity index (χ4n) is 4.66. The van der Waals surface area contributed by atoms with Gasteiger partial charge in [0.15, 0.2) is 30.5 Å². The van der Waals surface area contributed by atoms with Gasteiger partial charge in [-0.05, 0) is 48.2 Å². The van der Waals surface area contributed by atoms with E-state index in [0.717, 1.165) is 47.1 Å². The molecule has 0 spiro atoms. The molecule has 0 radical (unpaired) electrons. The van der Waals surface area contributed by atoms with Crippen LogP contribution in [0.3, 0.4) is 0 Å². The molecule has 0 saturated heterocycles. The number of benzene rings is 2. The lowest BCUT2D eigenvalue weighted by molar-refractivity contribution is -0.214. The molecule has 0 aliphatic heterocycles. The molecule has 47 heavy (non-hydrogen) atoms. The minimum Gasteiger partial charge on any atom is -0.494 e. The van der Waals surface area contributed by atoms with E-state index in [1.54, 1.807) is 12.1 Å². The minimum atomic E-state index is -1.77. The second-order valence-electron chi connectivity index (χ2n) is 10.3. The predicted molar refractivity (Wildman–Crippen MR) is 165 cm³/mol. The van der Waals surface area contributed by atoms with E-state index in [1.165, 1.54) is 6.07 Å². The van der Waals surface area contributed by atoms with E-state index in [2.05, 4.69) is 0 Å². The van der Waals surface area contributed by atoms with Gasteiger partial charge in [0.2, 0.25) is 0 Å². The molecule has 0 amide bonds. The molecular formula is C33H39ClO13. The van der Waals surface area contributed by atoms with Gasteiger partial charge >= 0.3 is 35.8 Å². The monoisotopic (exact) mass is 678 g/mol. The van der Waals surface area contributed by atoms with Crippen molar-refractivity contribution in [2.45, 2.75) is 85.4 Å². The van der Waals surface area contributed by atoms with Gasteiger partial charge < -0.3 is 33.2 Å². The van der Waals surface area contributed by atoms with E-state index < -0.39 is 72.9 Å². The van der Waals surface area contributed by atoms with Crippen LogP contribution in [0.1, 0.15) is 71.3 Å². The molecule has 0 bridgehead atoms. The van der Waals surface area contributed by atoms with Gasteiger partial charge in [-0.2, -0.15) is 0 Å². The third-order valence-corrected chi connectivity index (χ3v) is 6.68. The Balaban J connectivity index is 2.75. The zero-order valence-corrected chi connectivity index (χ0v) is 28.0. The van der Waals surface area contributed by atoms with Crippen molar-refractivity contribution in [2.24, 2.45) is 0 Å². The van der Waals surface area contributed by atoms with Crippen LogP contribution in [0.4, 0.5) is 0 Å². The summed E-state index contributed by atoms with van der Waals surface area (Å²) in [5.74, 6) is -4.47. The smallest absolute Gasteiger partial charge is 0.303 e. The maximum absolute atomic E-state index is 12.5. The fourth-order valence-corrected chi connectivity index (χ4v) is 4.85. The Labute approximate surface area is 277 Å². The van der Waals surface area contributed by atoms with Gasteiger partial charge in [0.1, 0.15) is 12.4 Å². The van der Waals surface area contributed by atoms with Crippen LogP contribution in [0.5, 0.6) is 5.75 Å². The van der Waals surface area contributed by atoms with Gasteiger partial charge in [-0.1, -0.05) is 35.9 Å². The van der Waals surface area contributed by atoms with E-state index in [9.17, 15) is 28.8 Å². The van der Waals surface area contributed by atoms with Crippen LogP contribution in [0.25, 0.3) is 0 Å². The van der Waals surface area contributed by atoms with Crippen LogP contribution in [0.15, 0.2) is 42.5 Å². The summed E-state index contributed by atoms with van der Waals surface area (Å²) in [6.45, 7) is 8.13.